The van der Waals surface area contributed by atoms with Gasteiger partial charge in [0, 0.05) is 39.0 Å². The fourth-order valence-corrected chi connectivity index (χ4v) is 4.42. The molecule has 0 aliphatic rings. The van der Waals surface area contributed by atoms with Crippen molar-refractivity contribution >= 4 is 27.0 Å². The number of amides is 1. The zero-order valence-electron chi connectivity index (χ0n) is 16.1. The molecule has 0 saturated carbocycles. The quantitative estimate of drug-likeness (QED) is 0.760. The minimum atomic E-state index is -3.52. The second kappa shape index (κ2) is 8.18. The van der Waals surface area contributed by atoms with Crippen LogP contribution in [0.4, 0.5) is 0 Å². The highest BCUT2D eigenvalue weighted by Gasteiger charge is 2.22. The second-order valence-corrected chi connectivity index (χ2v) is 8.49. The number of nitrogens with one attached hydrogen (secondary N) is 1. The number of rotatable bonds is 8. The molecule has 1 N–H and O–H groups in total. The molecular formula is C18H28N4O3S. The first-order valence-electron chi connectivity index (χ1n) is 8.95. The van der Waals surface area contributed by atoms with Crippen LogP contribution < -0.4 is 5.32 Å². The predicted molar refractivity (Wildman–Crippen MR) is 102 cm³/mol. The summed E-state index contributed by atoms with van der Waals surface area (Å²) in [6, 6.07) is 5.11. The van der Waals surface area contributed by atoms with Gasteiger partial charge < -0.3 is 9.88 Å². The maximum atomic E-state index is 12.7. The number of fused-ring (bicyclic) bond motifs is 1. The molecule has 0 spiro atoms. The van der Waals surface area contributed by atoms with E-state index in [0.717, 1.165) is 11.3 Å². The number of sulfonamides is 1. The Balaban J connectivity index is 2.30. The van der Waals surface area contributed by atoms with Gasteiger partial charge in [0.1, 0.15) is 5.82 Å². The van der Waals surface area contributed by atoms with Crippen molar-refractivity contribution in [1.82, 2.24) is 19.2 Å². The highest BCUT2D eigenvalue weighted by molar-refractivity contribution is 7.89. The Labute approximate surface area is 155 Å². The first kappa shape index (κ1) is 20.4. The van der Waals surface area contributed by atoms with E-state index < -0.39 is 10.0 Å². The molecule has 2 rings (SSSR count). The van der Waals surface area contributed by atoms with Crippen molar-refractivity contribution in [3.05, 3.63) is 24.0 Å². The SMILES string of the molecule is CCN(CC)S(=O)(=O)c1ccc2c(c1)nc(CCC(=O)NC(C)C)n2C. The summed E-state index contributed by atoms with van der Waals surface area (Å²) < 4.78 is 28.7. The number of benzene rings is 1. The molecule has 0 radical (unpaired) electrons. The van der Waals surface area contributed by atoms with Gasteiger partial charge in [0.05, 0.1) is 15.9 Å². The van der Waals surface area contributed by atoms with E-state index in [1.807, 2.05) is 39.3 Å². The molecule has 0 aliphatic carbocycles. The molecule has 0 atom stereocenters. The van der Waals surface area contributed by atoms with Crippen LogP contribution in [0.2, 0.25) is 0 Å². The second-order valence-electron chi connectivity index (χ2n) is 6.55. The Hall–Kier alpha value is -1.93. The lowest BCUT2D eigenvalue weighted by atomic mass is 10.2. The van der Waals surface area contributed by atoms with Crippen molar-refractivity contribution in [2.75, 3.05) is 13.1 Å². The van der Waals surface area contributed by atoms with E-state index >= 15 is 0 Å². The van der Waals surface area contributed by atoms with Gasteiger partial charge in [-0.2, -0.15) is 4.31 Å². The third kappa shape index (κ3) is 4.24. The van der Waals surface area contributed by atoms with Crippen LogP contribution in [-0.2, 0) is 28.3 Å². The Bertz CT molecular complexity index is 883. The molecule has 1 heterocycles. The Kier molecular flexibility index (Phi) is 6.41. The zero-order valence-corrected chi connectivity index (χ0v) is 16.9. The molecule has 1 aromatic carbocycles. The van der Waals surface area contributed by atoms with Crippen molar-refractivity contribution in [1.29, 1.82) is 0 Å². The Morgan fingerprint density at radius 2 is 1.92 bits per heavy atom. The molecule has 0 aliphatic heterocycles. The van der Waals surface area contributed by atoms with Crippen LogP contribution in [0, 0.1) is 0 Å². The summed E-state index contributed by atoms with van der Waals surface area (Å²) >= 11 is 0. The zero-order chi connectivity index (χ0) is 19.5. The van der Waals surface area contributed by atoms with Crippen LogP contribution in [0.15, 0.2) is 23.1 Å². The first-order chi connectivity index (χ1) is 12.2. The third-order valence-corrected chi connectivity index (χ3v) is 6.36. The minimum absolute atomic E-state index is 0.0168. The fraction of sp³-hybridized carbons (Fsp3) is 0.556. The molecule has 1 amide bonds. The third-order valence-electron chi connectivity index (χ3n) is 4.31. The topological polar surface area (TPSA) is 84.3 Å². The molecule has 26 heavy (non-hydrogen) atoms. The van der Waals surface area contributed by atoms with Gasteiger partial charge in [-0.1, -0.05) is 13.8 Å². The first-order valence-corrected chi connectivity index (χ1v) is 10.4. The van der Waals surface area contributed by atoms with Gasteiger partial charge in [-0.25, -0.2) is 13.4 Å². The summed E-state index contributed by atoms with van der Waals surface area (Å²) in [5, 5.41) is 2.86. The lowest BCUT2D eigenvalue weighted by Crippen LogP contribution is -2.30. The average molecular weight is 381 g/mol. The van der Waals surface area contributed by atoms with Crippen LogP contribution in [0.5, 0.6) is 0 Å². The van der Waals surface area contributed by atoms with Crippen molar-refractivity contribution in [2.24, 2.45) is 7.05 Å². The van der Waals surface area contributed by atoms with Gasteiger partial charge in [0.25, 0.3) is 0 Å². The van der Waals surface area contributed by atoms with E-state index in [0.29, 0.717) is 31.4 Å². The standard InChI is InChI=1S/C18H28N4O3S/c1-6-22(7-2)26(24,25)14-8-9-16-15(12-14)20-17(21(16)5)10-11-18(23)19-13(3)4/h8-9,12-13H,6-7,10-11H2,1-5H3,(H,19,23). The van der Waals surface area contributed by atoms with E-state index in [1.54, 1.807) is 18.2 Å². The molecule has 0 fully saturated rings. The van der Waals surface area contributed by atoms with E-state index in [4.69, 9.17) is 0 Å². The lowest BCUT2D eigenvalue weighted by Gasteiger charge is -2.18. The van der Waals surface area contributed by atoms with E-state index in [2.05, 4.69) is 10.3 Å². The Morgan fingerprint density at radius 1 is 1.27 bits per heavy atom. The summed E-state index contributed by atoms with van der Waals surface area (Å²) in [6.07, 6.45) is 0.849. The van der Waals surface area contributed by atoms with Crippen LogP contribution in [0.25, 0.3) is 11.0 Å². The maximum Gasteiger partial charge on any atom is 0.243 e. The number of imidazole rings is 1. The van der Waals surface area contributed by atoms with E-state index in [-0.39, 0.29) is 16.8 Å². The molecule has 0 bridgehead atoms. The Morgan fingerprint density at radius 3 is 2.50 bits per heavy atom. The van der Waals surface area contributed by atoms with Gasteiger partial charge >= 0.3 is 0 Å². The number of carbonyl (C=O) groups excluding carboxylic acids is 1. The normalized spacial score (nSPS) is 12.3. The predicted octanol–water partition coefficient (Wildman–Crippen LogP) is 2.06. The van der Waals surface area contributed by atoms with Crippen LogP contribution in [0.3, 0.4) is 0 Å². The maximum absolute atomic E-state index is 12.7. The highest BCUT2D eigenvalue weighted by atomic mass is 32.2. The van der Waals surface area contributed by atoms with Crippen molar-refractivity contribution in [3.8, 4) is 0 Å². The summed E-state index contributed by atoms with van der Waals surface area (Å²) in [5.74, 6) is 0.744. The minimum Gasteiger partial charge on any atom is -0.354 e. The van der Waals surface area contributed by atoms with Gasteiger partial charge in [-0.15, -0.1) is 0 Å². The summed E-state index contributed by atoms with van der Waals surface area (Å²) in [5.41, 5.74) is 1.47. The molecule has 7 nitrogen and oxygen atoms in total. The molecule has 8 heteroatoms. The number of aryl methyl sites for hydroxylation is 2. The molecule has 144 valence electrons. The number of hydrogen-bond acceptors (Lipinski definition) is 4. The van der Waals surface area contributed by atoms with Gasteiger partial charge in [0.15, 0.2) is 0 Å². The smallest absolute Gasteiger partial charge is 0.243 e. The van der Waals surface area contributed by atoms with Crippen molar-refractivity contribution < 1.29 is 13.2 Å². The molecule has 0 saturated heterocycles. The average Bonchev–Trinajstić information content (AvgIpc) is 2.89. The number of carbonyl (C=O) groups is 1. The summed E-state index contributed by atoms with van der Waals surface area (Å²) in [6.45, 7) is 8.33. The van der Waals surface area contributed by atoms with Crippen LogP contribution in [-0.4, -0.2) is 47.3 Å². The molecular weight excluding hydrogens is 352 g/mol. The summed E-state index contributed by atoms with van der Waals surface area (Å²) in [7, 11) is -1.64. The molecule has 2 aromatic rings. The fourth-order valence-electron chi connectivity index (χ4n) is 2.95. The molecule has 1 aromatic heterocycles. The van der Waals surface area contributed by atoms with Gasteiger partial charge in [-0.3, -0.25) is 4.79 Å². The van der Waals surface area contributed by atoms with E-state index in [1.165, 1.54) is 4.31 Å². The lowest BCUT2D eigenvalue weighted by molar-refractivity contribution is -0.121. The van der Waals surface area contributed by atoms with Crippen molar-refractivity contribution in [3.63, 3.8) is 0 Å². The summed E-state index contributed by atoms with van der Waals surface area (Å²) in [4.78, 5) is 16.6. The van der Waals surface area contributed by atoms with Crippen molar-refractivity contribution in [2.45, 2.75) is 51.5 Å². The number of hydrogen-bond donors (Lipinski definition) is 1. The number of nitrogens with zero attached hydrogens (tertiary/aromatic N) is 3. The number of aromatic nitrogens is 2. The highest BCUT2D eigenvalue weighted by Crippen LogP contribution is 2.22. The van der Waals surface area contributed by atoms with Gasteiger partial charge in [-0.05, 0) is 32.0 Å². The van der Waals surface area contributed by atoms with E-state index in [9.17, 15) is 13.2 Å². The molecule has 0 unspecified atom stereocenters. The largest absolute Gasteiger partial charge is 0.354 e. The monoisotopic (exact) mass is 380 g/mol. The van der Waals surface area contributed by atoms with Gasteiger partial charge in [0.2, 0.25) is 15.9 Å². The van der Waals surface area contributed by atoms with Crippen LogP contribution >= 0.6 is 0 Å². The van der Waals surface area contributed by atoms with Crippen LogP contribution in [0.1, 0.15) is 39.9 Å².